The summed E-state index contributed by atoms with van der Waals surface area (Å²) >= 11 is 0. The minimum absolute atomic E-state index is 0.183. The maximum absolute atomic E-state index is 13.4. The van der Waals surface area contributed by atoms with Gasteiger partial charge in [0.1, 0.15) is 23.1 Å². The Balaban J connectivity index is 2.00. The van der Waals surface area contributed by atoms with Gasteiger partial charge in [0.15, 0.2) is 0 Å². The first-order chi connectivity index (χ1) is 10.7. The number of halogens is 1. The molecule has 5 nitrogen and oxygen atoms in total. The third-order valence-electron chi connectivity index (χ3n) is 3.12. The molecule has 0 radical (unpaired) electrons. The molecule has 1 aromatic carbocycles. The van der Waals surface area contributed by atoms with E-state index in [2.05, 4.69) is 15.3 Å². The average molecular weight is 297 g/mol. The first-order valence-electron chi connectivity index (χ1n) is 6.53. The molecule has 0 fully saturated rings. The number of aromatic nitrogens is 1. The smallest absolute Gasteiger partial charge is 0.275 e. The van der Waals surface area contributed by atoms with Gasteiger partial charge in [0.25, 0.3) is 5.91 Å². The third kappa shape index (κ3) is 2.71. The summed E-state index contributed by atoms with van der Waals surface area (Å²) < 4.78 is 18.5. The van der Waals surface area contributed by atoms with Crippen molar-refractivity contribution >= 4 is 17.8 Å². The molecule has 0 bridgehead atoms. The van der Waals surface area contributed by atoms with E-state index in [0.29, 0.717) is 22.7 Å². The zero-order valence-electron chi connectivity index (χ0n) is 11.7. The molecule has 6 heteroatoms. The van der Waals surface area contributed by atoms with Gasteiger partial charge in [-0.3, -0.25) is 9.78 Å². The Labute approximate surface area is 126 Å². The normalized spacial score (nSPS) is 15.6. The van der Waals surface area contributed by atoms with E-state index in [1.165, 1.54) is 31.4 Å². The van der Waals surface area contributed by atoms with Crippen molar-refractivity contribution in [2.45, 2.75) is 0 Å². The minimum Gasteiger partial charge on any atom is -0.496 e. The molecule has 1 N–H and O–H groups in total. The molecule has 0 aliphatic carbocycles. The number of nitrogens with zero attached hydrogens (tertiary/aromatic N) is 2. The van der Waals surface area contributed by atoms with E-state index in [9.17, 15) is 9.18 Å². The molecule has 0 atom stereocenters. The lowest BCUT2D eigenvalue weighted by molar-refractivity contribution is -0.115. The largest absolute Gasteiger partial charge is 0.496 e. The number of carbonyl (C=O) groups excluding carboxylic acids is 1. The third-order valence-corrected chi connectivity index (χ3v) is 3.12. The van der Waals surface area contributed by atoms with Gasteiger partial charge in [-0.15, -0.1) is 0 Å². The highest BCUT2D eigenvalue weighted by atomic mass is 19.1. The maximum Gasteiger partial charge on any atom is 0.275 e. The number of methoxy groups -OCH3 is 1. The van der Waals surface area contributed by atoms with Crippen molar-refractivity contribution in [2.75, 3.05) is 7.11 Å². The predicted molar refractivity (Wildman–Crippen MR) is 79.8 cm³/mol. The summed E-state index contributed by atoms with van der Waals surface area (Å²) in [5, 5.41) is 2.66. The van der Waals surface area contributed by atoms with E-state index in [1.807, 2.05) is 0 Å². The zero-order chi connectivity index (χ0) is 15.5. The topological polar surface area (TPSA) is 63.6 Å². The number of ether oxygens (including phenoxy) is 1. The van der Waals surface area contributed by atoms with E-state index < -0.39 is 5.82 Å². The van der Waals surface area contributed by atoms with Crippen molar-refractivity contribution in [3.63, 3.8) is 0 Å². The van der Waals surface area contributed by atoms with Crippen molar-refractivity contribution in [3.8, 4) is 5.75 Å². The summed E-state index contributed by atoms with van der Waals surface area (Å²) in [5.74, 6) is 0.110. The maximum atomic E-state index is 13.4. The van der Waals surface area contributed by atoms with Gasteiger partial charge in [-0.05, 0) is 36.4 Å². The lowest BCUT2D eigenvalue weighted by Crippen LogP contribution is -2.24. The summed E-state index contributed by atoms with van der Waals surface area (Å²) in [6.45, 7) is 0. The van der Waals surface area contributed by atoms with Crippen molar-refractivity contribution in [3.05, 3.63) is 65.4 Å². The molecule has 0 saturated carbocycles. The number of amidine groups is 1. The average Bonchev–Trinajstić information content (AvgIpc) is 2.90. The van der Waals surface area contributed by atoms with Crippen LogP contribution in [-0.2, 0) is 4.79 Å². The molecular formula is C16H12FN3O2. The Kier molecular flexibility index (Phi) is 3.65. The van der Waals surface area contributed by atoms with Crippen molar-refractivity contribution in [1.82, 2.24) is 10.3 Å². The van der Waals surface area contributed by atoms with Crippen LogP contribution < -0.4 is 10.1 Å². The Morgan fingerprint density at radius 1 is 1.32 bits per heavy atom. The van der Waals surface area contributed by atoms with E-state index in [4.69, 9.17) is 4.74 Å². The molecule has 1 amide bonds. The summed E-state index contributed by atoms with van der Waals surface area (Å²) in [5.41, 5.74) is 1.33. The molecular weight excluding hydrogens is 285 g/mol. The lowest BCUT2D eigenvalue weighted by atomic mass is 10.1. The van der Waals surface area contributed by atoms with Gasteiger partial charge in [-0.25, -0.2) is 9.38 Å². The molecule has 1 aliphatic rings. The second-order valence-electron chi connectivity index (χ2n) is 4.57. The van der Waals surface area contributed by atoms with Gasteiger partial charge in [0.05, 0.1) is 7.11 Å². The number of aliphatic imine (C=N–C) groups is 1. The SMILES string of the molecule is COc1ccc(F)cc1/C=C1/N=C(c2cccnc2)NC1=O. The number of pyridine rings is 1. The lowest BCUT2D eigenvalue weighted by Gasteiger charge is -2.04. The fourth-order valence-corrected chi connectivity index (χ4v) is 2.07. The highest BCUT2D eigenvalue weighted by Crippen LogP contribution is 2.23. The van der Waals surface area contributed by atoms with Gasteiger partial charge in [-0.2, -0.15) is 0 Å². The fraction of sp³-hybridized carbons (Fsp3) is 0.0625. The number of carbonyl (C=O) groups is 1. The van der Waals surface area contributed by atoms with Crippen molar-refractivity contribution in [2.24, 2.45) is 4.99 Å². The van der Waals surface area contributed by atoms with Gasteiger partial charge in [-0.1, -0.05) is 0 Å². The number of nitrogens with one attached hydrogen (secondary N) is 1. The molecule has 0 unspecified atom stereocenters. The van der Waals surface area contributed by atoms with Crippen molar-refractivity contribution < 1.29 is 13.9 Å². The first kappa shape index (κ1) is 13.9. The molecule has 3 rings (SSSR count). The quantitative estimate of drug-likeness (QED) is 0.883. The standard InChI is InChI=1S/C16H12FN3O2/c1-22-14-5-4-12(17)7-11(14)8-13-16(21)20-15(19-13)10-3-2-6-18-9-10/h2-9H,1H3,(H,19,20,21)/b13-8+. The zero-order valence-corrected chi connectivity index (χ0v) is 11.7. The molecule has 0 saturated heterocycles. The number of hydrogen-bond donors (Lipinski definition) is 1. The summed E-state index contributed by atoms with van der Waals surface area (Å²) in [6.07, 6.45) is 4.72. The minimum atomic E-state index is -0.414. The summed E-state index contributed by atoms with van der Waals surface area (Å²) in [6, 6.07) is 7.62. The Hall–Kier alpha value is -3.02. The van der Waals surface area contributed by atoms with Gasteiger partial charge in [0, 0.05) is 23.5 Å². The van der Waals surface area contributed by atoms with Crippen LogP contribution in [0.1, 0.15) is 11.1 Å². The molecule has 1 aromatic heterocycles. The number of hydrogen-bond acceptors (Lipinski definition) is 4. The monoisotopic (exact) mass is 297 g/mol. The van der Waals surface area contributed by atoms with Crippen LogP contribution in [-0.4, -0.2) is 23.8 Å². The van der Waals surface area contributed by atoms with E-state index in [0.717, 1.165) is 0 Å². The number of amides is 1. The highest BCUT2D eigenvalue weighted by molar-refractivity contribution is 6.19. The highest BCUT2D eigenvalue weighted by Gasteiger charge is 2.21. The number of rotatable bonds is 3. The molecule has 1 aliphatic heterocycles. The van der Waals surface area contributed by atoms with E-state index in [-0.39, 0.29) is 11.6 Å². The van der Waals surface area contributed by atoms with Crippen LogP contribution in [0.5, 0.6) is 5.75 Å². The fourth-order valence-electron chi connectivity index (χ4n) is 2.07. The molecule has 110 valence electrons. The number of benzene rings is 1. The van der Waals surface area contributed by atoms with Gasteiger partial charge in [0.2, 0.25) is 0 Å². The Morgan fingerprint density at radius 2 is 2.18 bits per heavy atom. The van der Waals surface area contributed by atoms with Crippen LogP contribution in [0.4, 0.5) is 4.39 Å². The molecule has 22 heavy (non-hydrogen) atoms. The van der Waals surface area contributed by atoms with E-state index >= 15 is 0 Å². The second kappa shape index (κ2) is 5.77. The van der Waals surface area contributed by atoms with Crippen LogP contribution in [0.3, 0.4) is 0 Å². The Morgan fingerprint density at radius 3 is 2.91 bits per heavy atom. The predicted octanol–water partition coefficient (Wildman–Crippen LogP) is 2.15. The van der Waals surface area contributed by atoms with Crippen LogP contribution in [0, 0.1) is 5.82 Å². The molecule has 2 heterocycles. The first-order valence-corrected chi connectivity index (χ1v) is 6.53. The van der Waals surface area contributed by atoms with Crippen LogP contribution in [0.2, 0.25) is 0 Å². The van der Waals surface area contributed by atoms with Gasteiger partial charge >= 0.3 is 0 Å². The molecule has 0 spiro atoms. The summed E-state index contributed by atoms with van der Waals surface area (Å²) in [7, 11) is 1.48. The molecule has 2 aromatic rings. The Bertz CT molecular complexity index is 785. The van der Waals surface area contributed by atoms with Crippen LogP contribution in [0.25, 0.3) is 6.08 Å². The van der Waals surface area contributed by atoms with Crippen molar-refractivity contribution in [1.29, 1.82) is 0 Å². The van der Waals surface area contributed by atoms with Gasteiger partial charge < -0.3 is 10.1 Å². The van der Waals surface area contributed by atoms with E-state index in [1.54, 1.807) is 24.5 Å². The van der Waals surface area contributed by atoms with Crippen LogP contribution >= 0.6 is 0 Å². The second-order valence-corrected chi connectivity index (χ2v) is 4.57. The summed E-state index contributed by atoms with van der Waals surface area (Å²) in [4.78, 5) is 20.2. The van der Waals surface area contributed by atoms with Crippen LogP contribution in [0.15, 0.2) is 53.4 Å².